The van der Waals surface area contributed by atoms with Gasteiger partial charge in [-0.15, -0.1) is 11.3 Å². The topological polar surface area (TPSA) is 76.1 Å². The van der Waals surface area contributed by atoms with Gasteiger partial charge in [-0.05, 0) is 66.2 Å². The minimum Gasteiger partial charge on any atom is -0.465 e. The van der Waals surface area contributed by atoms with Gasteiger partial charge in [0.05, 0.1) is 17.5 Å². The van der Waals surface area contributed by atoms with Crippen molar-refractivity contribution >= 4 is 35.0 Å². The number of rotatable bonds is 6. The number of benzene rings is 2. The van der Waals surface area contributed by atoms with E-state index in [2.05, 4.69) is 11.1 Å². The third kappa shape index (κ3) is 5.25. The molecule has 7 heteroatoms. The summed E-state index contributed by atoms with van der Waals surface area (Å²) >= 11 is 1.34. The van der Waals surface area contributed by atoms with Crippen molar-refractivity contribution in [3.05, 3.63) is 101 Å². The summed E-state index contributed by atoms with van der Waals surface area (Å²) in [6.07, 6.45) is 6.02. The molecule has 4 rings (SSSR count). The van der Waals surface area contributed by atoms with Crippen LogP contribution in [0.2, 0.25) is 0 Å². The van der Waals surface area contributed by atoms with Gasteiger partial charge in [0.2, 0.25) is 0 Å². The normalized spacial score (nSPS) is 11.4. The van der Waals surface area contributed by atoms with Gasteiger partial charge in [-0.25, -0.2) is 14.2 Å². The van der Waals surface area contributed by atoms with E-state index in [-0.39, 0.29) is 5.82 Å². The van der Waals surface area contributed by atoms with E-state index in [4.69, 9.17) is 9.15 Å². The maximum absolute atomic E-state index is 13.1. The molecular formula is C25H15FN2O3S. The number of allylic oxidation sites excluding steroid dienone is 1. The number of carbonyl (C=O) groups is 1. The number of halogens is 1. The monoisotopic (exact) mass is 442 g/mol. The van der Waals surface area contributed by atoms with E-state index in [1.807, 2.05) is 5.38 Å². The van der Waals surface area contributed by atoms with Crippen molar-refractivity contribution in [1.82, 2.24) is 4.98 Å². The van der Waals surface area contributed by atoms with Gasteiger partial charge in [-0.3, -0.25) is 0 Å². The molecule has 0 atom stereocenters. The lowest BCUT2D eigenvalue weighted by molar-refractivity contribution is -0.128. The average Bonchev–Trinajstić information content (AvgIpc) is 3.50. The molecule has 0 fully saturated rings. The van der Waals surface area contributed by atoms with Crippen molar-refractivity contribution in [2.45, 2.75) is 0 Å². The van der Waals surface area contributed by atoms with Gasteiger partial charge in [0.25, 0.3) is 0 Å². The maximum Gasteiger partial charge on any atom is 0.336 e. The number of furan rings is 1. The summed E-state index contributed by atoms with van der Waals surface area (Å²) in [5.74, 6) is 0.0850. The zero-order chi connectivity index (χ0) is 22.3. The molecule has 0 amide bonds. The van der Waals surface area contributed by atoms with Crippen molar-refractivity contribution in [3.8, 4) is 23.1 Å². The number of hydrogen-bond acceptors (Lipinski definition) is 6. The summed E-state index contributed by atoms with van der Waals surface area (Å²) in [7, 11) is 0. The molecule has 0 N–H and O–H groups in total. The standard InChI is InChI=1S/C25H15FN2O3S/c26-20-7-5-18(6-8-20)23-16-32-25(28-23)19(15-27)14-17-3-9-22(10-4-17)31-24(29)12-11-21-2-1-13-30-21/h1-14,16H/b12-11+,19-14+. The molecule has 0 saturated carbocycles. The van der Waals surface area contributed by atoms with Crippen LogP contribution in [0.3, 0.4) is 0 Å². The third-order valence-electron chi connectivity index (χ3n) is 4.33. The van der Waals surface area contributed by atoms with Crippen molar-refractivity contribution in [2.24, 2.45) is 0 Å². The summed E-state index contributed by atoms with van der Waals surface area (Å²) in [6.45, 7) is 0. The van der Waals surface area contributed by atoms with Crippen LogP contribution in [0.15, 0.2) is 82.8 Å². The van der Waals surface area contributed by atoms with E-state index in [0.29, 0.717) is 27.8 Å². The lowest BCUT2D eigenvalue weighted by Gasteiger charge is -2.02. The largest absolute Gasteiger partial charge is 0.465 e. The van der Waals surface area contributed by atoms with Crippen molar-refractivity contribution in [3.63, 3.8) is 0 Å². The Morgan fingerprint density at radius 1 is 1.12 bits per heavy atom. The molecule has 5 nitrogen and oxygen atoms in total. The fraction of sp³-hybridized carbons (Fsp3) is 0. The molecule has 0 aliphatic rings. The predicted molar refractivity (Wildman–Crippen MR) is 121 cm³/mol. The number of thiazole rings is 1. The van der Waals surface area contributed by atoms with Gasteiger partial charge in [0.15, 0.2) is 0 Å². The summed E-state index contributed by atoms with van der Waals surface area (Å²) < 4.78 is 23.5. The summed E-state index contributed by atoms with van der Waals surface area (Å²) in [5, 5.41) is 12.0. The number of carbonyl (C=O) groups excluding carboxylic acids is 1. The van der Waals surface area contributed by atoms with Gasteiger partial charge >= 0.3 is 5.97 Å². The van der Waals surface area contributed by atoms with Crippen molar-refractivity contribution < 1.29 is 18.3 Å². The summed E-state index contributed by atoms with van der Waals surface area (Å²) in [6, 6.07) is 18.4. The van der Waals surface area contributed by atoms with Crippen LogP contribution < -0.4 is 4.74 Å². The SMILES string of the molecule is N#C/C(=C\c1ccc(OC(=O)/C=C/c2ccco2)cc1)c1nc(-c2ccc(F)cc2)cs1. The first-order valence-electron chi connectivity index (χ1n) is 9.48. The Morgan fingerprint density at radius 2 is 1.91 bits per heavy atom. The number of nitrogens with zero attached hydrogens (tertiary/aromatic N) is 2. The van der Waals surface area contributed by atoms with E-state index in [0.717, 1.165) is 11.1 Å². The first-order valence-corrected chi connectivity index (χ1v) is 10.4. The first kappa shape index (κ1) is 21.0. The second kappa shape index (κ2) is 9.69. The molecule has 0 aliphatic heterocycles. The van der Waals surface area contributed by atoms with E-state index >= 15 is 0 Å². The first-order chi connectivity index (χ1) is 15.6. The molecule has 156 valence electrons. The van der Waals surface area contributed by atoms with Crippen LogP contribution in [-0.2, 0) is 4.79 Å². The second-order valence-corrected chi connectivity index (χ2v) is 7.41. The molecule has 0 unspecified atom stereocenters. The zero-order valence-electron chi connectivity index (χ0n) is 16.6. The van der Waals surface area contributed by atoms with Crippen LogP contribution >= 0.6 is 11.3 Å². The zero-order valence-corrected chi connectivity index (χ0v) is 17.4. The highest BCUT2D eigenvalue weighted by molar-refractivity contribution is 7.11. The Balaban J connectivity index is 1.45. The third-order valence-corrected chi connectivity index (χ3v) is 5.21. The molecule has 0 radical (unpaired) electrons. The van der Waals surface area contributed by atoms with Crippen molar-refractivity contribution in [1.29, 1.82) is 5.26 Å². The van der Waals surface area contributed by atoms with Crippen molar-refractivity contribution in [2.75, 3.05) is 0 Å². The van der Waals surface area contributed by atoms with Crippen LogP contribution in [0.4, 0.5) is 4.39 Å². The van der Waals surface area contributed by atoms with Crippen LogP contribution in [-0.4, -0.2) is 11.0 Å². The Hall–Kier alpha value is -4.28. The van der Waals surface area contributed by atoms with Gasteiger partial charge in [0.1, 0.15) is 28.4 Å². The number of esters is 1. The lowest BCUT2D eigenvalue weighted by atomic mass is 10.1. The van der Waals surface area contributed by atoms with Crippen LogP contribution in [0, 0.1) is 17.1 Å². The van der Waals surface area contributed by atoms with E-state index < -0.39 is 5.97 Å². The van der Waals surface area contributed by atoms with Gasteiger partial charge in [0, 0.05) is 17.0 Å². The second-order valence-electron chi connectivity index (χ2n) is 6.55. The highest BCUT2D eigenvalue weighted by Gasteiger charge is 2.10. The van der Waals surface area contributed by atoms with E-state index in [1.54, 1.807) is 54.6 Å². The predicted octanol–water partition coefficient (Wildman–Crippen LogP) is 6.23. The Kier molecular flexibility index (Phi) is 6.35. The van der Waals surface area contributed by atoms with Gasteiger partial charge in [-0.2, -0.15) is 5.26 Å². The van der Waals surface area contributed by atoms with Crippen LogP contribution in [0.1, 0.15) is 16.3 Å². The molecule has 4 aromatic rings. The summed E-state index contributed by atoms with van der Waals surface area (Å²) in [4.78, 5) is 16.4. The van der Waals surface area contributed by atoms with E-state index in [1.165, 1.54) is 41.9 Å². The Bertz CT molecular complexity index is 1310. The quantitative estimate of drug-likeness (QED) is 0.153. The molecule has 0 saturated heterocycles. The highest BCUT2D eigenvalue weighted by Crippen LogP contribution is 2.27. The minimum atomic E-state index is -0.529. The molecule has 0 bridgehead atoms. The smallest absolute Gasteiger partial charge is 0.336 e. The molecule has 0 spiro atoms. The molecule has 0 aliphatic carbocycles. The minimum absolute atomic E-state index is 0.315. The summed E-state index contributed by atoms with van der Waals surface area (Å²) in [5.41, 5.74) is 2.61. The molecule has 2 aromatic heterocycles. The fourth-order valence-corrected chi connectivity index (χ4v) is 3.57. The number of nitriles is 1. The molecule has 2 heterocycles. The van der Waals surface area contributed by atoms with Gasteiger partial charge < -0.3 is 9.15 Å². The highest BCUT2D eigenvalue weighted by atomic mass is 32.1. The van der Waals surface area contributed by atoms with Crippen LogP contribution in [0.25, 0.3) is 29.0 Å². The number of ether oxygens (including phenoxy) is 1. The average molecular weight is 442 g/mol. The Morgan fingerprint density at radius 3 is 2.59 bits per heavy atom. The molecule has 2 aromatic carbocycles. The maximum atomic E-state index is 13.1. The fourth-order valence-electron chi connectivity index (χ4n) is 2.78. The van der Waals surface area contributed by atoms with Gasteiger partial charge in [-0.1, -0.05) is 12.1 Å². The van der Waals surface area contributed by atoms with E-state index in [9.17, 15) is 14.4 Å². The number of aromatic nitrogens is 1. The molecule has 32 heavy (non-hydrogen) atoms. The number of hydrogen-bond donors (Lipinski definition) is 0. The molecular weight excluding hydrogens is 427 g/mol. The Labute approximate surface area is 187 Å². The van der Waals surface area contributed by atoms with Crippen LogP contribution in [0.5, 0.6) is 5.75 Å². The lowest BCUT2D eigenvalue weighted by Crippen LogP contribution is -2.03.